The van der Waals surface area contributed by atoms with Crippen LogP contribution < -0.4 is 10.1 Å². The third-order valence-corrected chi connectivity index (χ3v) is 5.26. The fraction of sp³-hybridized carbons (Fsp3) is 0.250. The van der Waals surface area contributed by atoms with Crippen molar-refractivity contribution < 1.29 is 14.6 Å². The van der Waals surface area contributed by atoms with Crippen molar-refractivity contribution in [2.45, 2.75) is 24.8 Å². The summed E-state index contributed by atoms with van der Waals surface area (Å²) < 4.78 is 6.26. The number of benzene rings is 2. The lowest BCUT2D eigenvalue weighted by molar-refractivity contribution is -0.139. The van der Waals surface area contributed by atoms with Crippen LogP contribution in [0.15, 0.2) is 85.1 Å². The summed E-state index contributed by atoms with van der Waals surface area (Å²) in [4.78, 5) is 19.0. The van der Waals surface area contributed by atoms with Crippen LogP contribution in [0.25, 0.3) is 0 Å². The van der Waals surface area contributed by atoms with Gasteiger partial charge in [-0.15, -0.1) is 0 Å². The second-order valence-electron chi connectivity index (χ2n) is 7.45. The first kappa shape index (κ1) is 20.1. The minimum atomic E-state index is -1.47. The van der Waals surface area contributed by atoms with Crippen LogP contribution in [0.3, 0.4) is 0 Å². The average Bonchev–Trinajstić information content (AvgIpc) is 3.21. The van der Waals surface area contributed by atoms with Gasteiger partial charge in [0.1, 0.15) is 5.75 Å². The van der Waals surface area contributed by atoms with Gasteiger partial charge in [0.05, 0.1) is 12.2 Å². The Morgan fingerprint density at radius 2 is 1.77 bits per heavy atom. The Bertz CT molecular complexity index is 953. The Morgan fingerprint density at radius 3 is 2.47 bits per heavy atom. The van der Waals surface area contributed by atoms with Crippen LogP contribution >= 0.6 is 0 Å². The van der Waals surface area contributed by atoms with Gasteiger partial charge in [0.15, 0.2) is 11.8 Å². The van der Waals surface area contributed by atoms with Crippen LogP contribution in [0.5, 0.6) is 5.75 Å². The van der Waals surface area contributed by atoms with Gasteiger partial charge in [-0.05, 0) is 30.7 Å². The van der Waals surface area contributed by atoms with Crippen molar-refractivity contribution >= 4 is 5.91 Å². The van der Waals surface area contributed by atoms with Crippen molar-refractivity contribution in [2.75, 3.05) is 13.1 Å². The lowest BCUT2D eigenvalue weighted by atomic mass is 10.0. The van der Waals surface area contributed by atoms with E-state index in [4.69, 9.17) is 4.74 Å². The van der Waals surface area contributed by atoms with Crippen molar-refractivity contribution in [1.82, 2.24) is 15.2 Å². The lowest BCUT2D eigenvalue weighted by Crippen LogP contribution is -2.49. The molecule has 6 heteroatoms. The van der Waals surface area contributed by atoms with E-state index < -0.39 is 11.8 Å². The Morgan fingerprint density at radius 1 is 1.07 bits per heavy atom. The van der Waals surface area contributed by atoms with E-state index in [1.165, 1.54) is 0 Å². The average molecular weight is 403 g/mol. The second-order valence-corrected chi connectivity index (χ2v) is 7.45. The zero-order valence-electron chi connectivity index (χ0n) is 16.6. The van der Waals surface area contributed by atoms with Crippen LogP contribution in [-0.2, 0) is 11.3 Å². The number of hydrogen-bond acceptors (Lipinski definition) is 5. The quantitative estimate of drug-likeness (QED) is 0.635. The fourth-order valence-electron chi connectivity index (χ4n) is 3.65. The van der Waals surface area contributed by atoms with E-state index in [0.717, 1.165) is 17.0 Å². The number of carbonyl (C=O) groups is 1. The summed E-state index contributed by atoms with van der Waals surface area (Å²) in [6.07, 6.45) is 1.62. The molecule has 1 aromatic heterocycles. The summed E-state index contributed by atoms with van der Waals surface area (Å²) in [6, 6.07) is 25.0. The van der Waals surface area contributed by atoms with E-state index in [-0.39, 0.29) is 19.0 Å². The molecule has 1 saturated heterocycles. The summed E-state index contributed by atoms with van der Waals surface area (Å²) in [5, 5.41) is 13.9. The summed E-state index contributed by atoms with van der Waals surface area (Å²) in [5.74, 6) is 0.351. The fourth-order valence-corrected chi connectivity index (χ4v) is 3.65. The molecule has 1 aliphatic rings. The largest absolute Gasteiger partial charge is 0.471 e. The zero-order chi connectivity index (χ0) is 20.8. The molecule has 30 heavy (non-hydrogen) atoms. The molecule has 3 aromatic rings. The molecule has 0 bridgehead atoms. The maximum absolute atomic E-state index is 12.7. The van der Waals surface area contributed by atoms with E-state index >= 15 is 0 Å². The molecule has 0 radical (unpaired) electrons. The van der Waals surface area contributed by atoms with Gasteiger partial charge in [-0.3, -0.25) is 14.7 Å². The molecule has 1 aliphatic heterocycles. The Balaban J connectivity index is 1.47. The molecule has 154 valence electrons. The molecule has 2 N–H and O–H groups in total. The van der Waals surface area contributed by atoms with Crippen LogP contribution in [-0.4, -0.2) is 39.6 Å². The van der Waals surface area contributed by atoms with E-state index in [1.807, 2.05) is 83.8 Å². The third kappa shape index (κ3) is 4.67. The molecule has 2 atom stereocenters. The summed E-state index contributed by atoms with van der Waals surface area (Å²) in [6.45, 7) is 1.01. The SMILES string of the molecule is O=C(NCc1ccccn1)C1(O)CCN(C(Oc2ccccc2)c2ccccc2)C1. The van der Waals surface area contributed by atoms with Gasteiger partial charge in [-0.2, -0.15) is 0 Å². The van der Waals surface area contributed by atoms with Crippen LogP contribution in [0.2, 0.25) is 0 Å². The van der Waals surface area contributed by atoms with Gasteiger partial charge in [0.2, 0.25) is 0 Å². The number of nitrogens with zero attached hydrogens (tertiary/aromatic N) is 2. The van der Waals surface area contributed by atoms with Crippen LogP contribution in [0.1, 0.15) is 23.9 Å². The molecule has 1 amide bonds. The number of nitrogens with one attached hydrogen (secondary N) is 1. The molecular formula is C24H25N3O3. The number of pyridine rings is 1. The predicted octanol–water partition coefficient (Wildman–Crippen LogP) is 2.91. The maximum atomic E-state index is 12.7. The predicted molar refractivity (Wildman–Crippen MR) is 113 cm³/mol. The Labute approximate surface area is 176 Å². The highest BCUT2D eigenvalue weighted by molar-refractivity contribution is 5.85. The summed E-state index contributed by atoms with van der Waals surface area (Å²) in [5.41, 5.74) is 0.250. The van der Waals surface area contributed by atoms with E-state index in [1.54, 1.807) is 6.20 Å². The zero-order valence-corrected chi connectivity index (χ0v) is 16.6. The van der Waals surface area contributed by atoms with Gasteiger partial charge in [-0.25, -0.2) is 0 Å². The van der Waals surface area contributed by atoms with Crippen molar-refractivity contribution in [3.8, 4) is 5.75 Å². The number of ether oxygens (including phenoxy) is 1. The number of rotatable bonds is 7. The number of likely N-dealkylation sites (tertiary alicyclic amines) is 1. The molecule has 2 heterocycles. The molecular weight excluding hydrogens is 378 g/mol. The van der Waals surface area contributed by atoms with E-state index in [0.29, 0.717) is 13.0 Å². The number of aliphatic hydroxyl groups is 1. The highest BCUT2D eigenvalue weighted by Crippen LogP contribution is 2.32. The molecule has 0 spiro atoms. The molecule has 0 saturated carbocycles. The number of β-amino-alcohol motifs (C(OH)–C–C–N with tert-alkyl or cyclic N) is 1. The Kier molecular flexibility index (Phi) is 6.07. The highest BCUT2D eigenvalue weighted by Gasteiger charge is 2.45. The van der Waals surface area contributed by atoms with E-state index in [9.17, 15) is 9.90 Å². The van der Waals surface area contributed by atoms with Crippen molar-refractivity contribution in [1.29, 1.82) is 0 Å². The topological polar surface area (TPSA) is 74.7 Å². The first-order valence-electron chi connectivity index (χ1n) is 10.1. The van der Waals surface area contributed by atoms with Crippen molar-refractivity contribution in [3.05, 3.63) is 96.3 Å². The molecule has 4 rings (SSSR count). The monoisotopic (exact) mass is 403 g/mol. The van der Waals surface area contributed by atoms with Crippen LogP contribution in [0.4, 0.5) is 0 Å². The number of aromatic nitrogens is 1. The second kappa shape index (κ2) is 9.07. The van der Waals surface area contributed by atoms with E-state index in [2.05, 4.69) is 10.3 Å². The van der Waals surface area contributed by atoms with Gasteiger partial charge >= 0.3 is 0 Å². The first-order valence-corrected chi connectivity index (χ1v) is 10.1. The number of amides is 1. The maximum Gasteiger partial charge on any atom is 0.253 e. The number of hydrogen-bond donors (Lipinski definition) is 2. The van der Waals surface area contributed by atoms with Gasteiger partial charge in [0, 0.05) is 24.8 Å². The molecule has 1 fully saturated rings. The van der Waals surface area contributed by atoms with Gasteiger partial charge < -0.3 is 15.2 Å². The van der Waals surface area contributed by atoms with Crippen molar-refractivity contribution in [2.24, 2.45) is 0 Å². The smallest absolute Gasteiger partial charge is 0.253 e. The Hall–Kier alpha value is -3.22. The lowest BCUT2D eigenvalue weighted by Gasteiger charge is -2.30. The molecule has 6 nitrogen and oxygen atoms in total. The first-order chi connectivity index (χ1) is 14.6. The summed E-state index contributed by atoms with van der Waals surface area (Å²) in [7, 11) is 0. The normalized spacial score (nSPS) is 19.9. The minimum Gasteiger partial charge on any atom is -0.471 e. The van der Waals surface area contributed by atoms with Crippen LogP contribution in [0, 0.1) is 0 Å². The number of carbonyl (C=O) groups excluding carboxylic acids is 1. The van der Waals surface area contributed by atoms with Gasteiger partial charge in [-0.1, -0.05) is 54.6 Å². The third-order valence-electron chi connectivity index (χ3n) is 5.26. The summed E-state index contributed by atoms with van der Waals surface area (Å²) >= 11 is 0. The molecule has 2 aromatic carbocycles. The van der Waals surface area contributed by atoms with Gasteiger partial charge in [0.25, 0.3) is 5.91 Å². The standard InChI is InChI=1S/C24H25N3O3/c28-23(26-17-20-11-7-8-15-25-20)24(29)14-16-27(18-24)22(19-9-3-1-4-10-19)30-21-12-5-2-6-13-21/h1-13,15,22,29H,14,16-18H2,(H,26,28). The minimum absolute atomic E-state index is 0.188. The molecule has 2 unspecified atom stereocenters. The molecule has 0 aliphatic carbocycles. The number of para-hydroxylation sites is 1. The van der Waals surface area contributed by atoms with Crippen molar-refractivity contribution in [3.63, 3.8) is 0 Å². The highest BCUT2D eigenvalue weighted by atomic mass is 16.5.